The van der Waals surface area contributed by atoms with E-state index in [0.717, 1.165) is 22.3 Å². The number of methoxy groups -OCH3 is 1. The summed E-state index contributed by atoms with van der Waals surface area (Å²) in [6.07, 6.45) is -0.160. The maximum atomic E-state index is 11.3. The molecule has 154 valence electrons. The van der Waals surface area contributed by atoms with E-state index in [4.69, 9.17) is 14.2 Å². The summed E-state index contributed by atoms with van der Waals surface area (Å²) in [5.74, 6) is 0.690. The highest BCUT2D eigenvalue weighted by Crippen LogP contribution is 2.43. The van der Waals surface area contributed by atoms with E-state index < -0.39 is 11.9 Å². The van der Waals surface area contributed by atoms with Crippen LogP contribution in [-0.4, -0.2) is 25.7 Å². The molecule has 5 nitrogen and oxygen atoms in total. The summed E-state index contributed by atoms with van der Waals surface area (Å²) in [6, 6.07) is 22.6. The molecule has 3 aromatic carbocycles. The molecule has 0 saturated heterocycles. The zero-order valence-corrected chi connectivity index (χ0v) is 17.3. The number of rotatable bonds is 5. The number of carbonyl (C=O) groups is 1. The van der Waals surface area contributed by atoms with Crippen LogP contribution < -0.4 is 9.47 Å². The van der Waals surface area contributed by atoms with Crippen molar-refractivity contribution in [1.82, 2.24) is 0 Å². The fraction of sp³-hybridized carbons (Fsp3) is 0.240. The summed E-state index contributed by atoms with van der Waals surface area (Å²) < 4.78 is 21.5. The highest BCUT2D eigenvalue weighted by atomic mass is 16.7. The van der Waals surface area contributed by atoms with Crippen LogP contribution in [0.4, 0.5) is 4.79 Å². The average molecular weight is 404 g/mol. The van der Waals surface area contributed by atoms with Crippen LogP contribution >= 0.6 is 0 Å². The van der Waals surface area contributed by atoms with Crippen LogP contribution in [0.3, 0.4) is 0 Å². The van der Waals surface area contributed by atoms with Crippen molar-refractivity contribution in [1.29, 1.82) is 0 Å². The molecular formula is C25H24O5. The standard InChI is InChI=1S/C25H24O5/c1-25(2)29-22-15-20(13-14-28-24(26)27-3)21(16-23(22)30-25)19-11-9-18(10-12-19)17-7-5-4-6-8-17/h4-12,15-16H,13-14H2,1-3H3. The van der Waals surface area contributed by atoms with E-state index in [2.05, 4.69) is 41.1 Å². The number of hydrogen-bond acceptors (Lipinski definition) is 5. The fourth-order valence-electron chi connectivity index (χ4n) is 3.56. The molecule has 30 heavy (non-hydrogen) atoms. The van der Waals surface area contributed by atoms with Crippen molar-refractivity contribution in [3.63, 3.8) is 0 Å². The van der Waals surface area contributed by atoms with Crippen molar-refractivity contribution < 1.29 is 23.7 Å². The largest absolute Gasteiger partial charge is 0.507 e. The number of benzene rings is 3. The molecule has 0 unspecified atom stereocenters. The van der Waals surface area contributed by atoms with Gasteiger partial charge in [0.2, 0.25) is 5.79 Å². The Balaban J connectivity index is 1.66. The zero-order chi connectivity index (χ0) is 21.1. The Morgan fingerprint density at radius 3 is 2.13 bits per heavy atom. The van der Waals surface area contributed by atoms with Crippen molar-refractivity contribution in [2.24, 2.45) is 0 Å². The number of ether oxygens (including phenoxy) is 4. The van der Waals surface area contributed by atoms with Gasteiger partial charge in [0.25, 0.3) is 0 Å². The molecule has 4 rings (SSSR count). The van der Waals surface area contributed by atoms with Crippen molar-refractivity contribution in [3.05, 3.63) is 72.3 Å². The maximum Gasteiger partial charge on any atom is 0.507 e. The molecule has 0 aliphatic carbocycles. The van der Waals surface area contributed by atoms with E-state index in [1.807, 2.05) is 44.2 Å². The van der Waals surface area contributed by atoms with E-state index in [0.29, 0.717) is 17.9 Å². The molecule has 0 N–H and O–H groups in total. The van der Waals surface area contributed by atoms with E-state index >= 15 is 0 Å². The molecule has 0 aromatic heterocycles. The number of hydrogen-bond donors (Lipinski definition) is 0. The van der Waals surface area contributed by atoms with E-state index in [-0.39, 0.29) is 6.61 Å². The Morgan fingerprint density at radius 1 is 0.867 bits per heavy atom. The minimum absolute atomic E-state index is 0.213. The van der Waals surface area contributed by atoms with E-state index in [1.165, 1.54) is 12.7 Å². The van der Waals surface area contributed by atoms with Gasteiger partial charge >= 0.3 is 6.16 Å². The predicted octanol–water partition coefficient (Wildman–Crippen LogP) is 5.85. The summed E-state index contributed by atoms with van der Waals surface area (Å²) in [4.78, 5) is 11.3. The van der Waals surface area contributed by atoms with Gasteiger partial charge in [-0.25, -0.2) is 4.79 Å². The topological polar surface area (TPSA) is 54.0 Å². The third-order valence-electron chi connectivity index (χ3n) is 4.94. The number of fused-ring (bicyclic) bond motifs is 1. The van der Waals surface area contributed by atoms with Crippen LogP contribution in [0.5, 0.6) is 11.5 Å². The van der Waals surface area contributed by atoms with Gasteiger partial charge in [-0.2, -0.15) is 0 Å². The molecule has 1 heterocycles. The third kappa shape index (κ3) is 4.25. The molecule has 0 radical (unpaired) electrons. The summed E-state index contributed by atoms with van der Waals surface area (Å²) in [7, 11) is 1.30. The SMILES string of the molecule is COC(=O)OCCc1cc2c(cc1-c1ccc(-c3ccccc3)cc1)OC(C)(C)O2. The van der Waals surface area contributed by atoms with Gasteiger partial charge in [-0.15, -0.1) is 0 Å². The Bertz CT molecular complexity index is 1040. The first-order valence-corrected chi connectivity index (χ1v) is 9.87. The molecule has 1 aliphatic rings. The van der Waals surface area contributed by atoms with Crippen molar-refractivity contribution in [2.75, 3.05) is 13.7 Å². The second-order valence-corrected chi connectivity index (χ2v) is 7.56. The van der Waals surface area contributed by atoms with Crippen LogP contribution in [0.2, 0.25) is 0 Å². The van der Waals surface area contributed by atoms with E-state index in [1.54, 1.807) is 0 Å². The van der Waals surface area contributed by atoms with Gasteiger partial charge in [0, 0.05) is 20.3 Å². The van der Waals surface area contributed by atoms with Gasteiger partial charge in [0.1, 0.15) is 0 Å². The minimum Gasteiger partial charge on any atom is -0.449 e. The summed E-state index contributed by atoms with van der Waals surface area (Å²) in [5, 5.41) is 0. The van der Waals surface area contributed by atoms with Crippen LogP contribution in [0.15, 0.2) is 66.7 Å². The highest BCUT2D eigenvalue weighted by molar-refractivity contribution is 5.75. The quantitative estimate of drug-likeness (QED) is 0.499. The molecule has 0 amide bonds. The minimum atomic E-state index is -0.710. The Labute approximate surface area is 176 Å². The van der Waals surface area contributed by atoms with E-state index in [9.17, 15) is 4.79 Å². The zero-order valence-electron chi connectivity index (χ0n) is 17.3. The second-order valence-electron chi connectivity index (χ2n) is 7.56. The molecule has 1 aliphatic heterocycles. The summed E-state index contributed by atoms with van der Waals surface area (Å²) >= 11 is 0. The molecule has 0 spiro atoms. The first-order chi connectivity index (χ1) is 14.4. The first-order valence-electron chi connectivity index (χ1n) is 9.87. The second kappa shape index (κ2) is 8.11. The summed E-state index contributed by atoms with van der Waals surface area (Å²) in [5.41, 5.74) is 5.40. The molecule has 0 bridgehead atoms. The van der Waals surface area contributed by atoms with Gasteiger partial charge in [-0.3, -0.25) is 0 Å². The maximum absolute atomic E-state index is 11.3. The van der Waals surface area contributed by atoms with Crippen molar-refractivity contribution in [3.8, 4) is 33.8 Å². The van der Waals surface area contributed by atoms with Gasteiger partial charge in [0.15, 0.2) is 11.5 Å². The summed E-state index contributed by atoms with van der Waals surface area (Å²) in [6.45, 7) is 3.97. The monoisotopic (exact) mass is 404 g/mol. The lowest BCUT2D eigenvalue weighted by atomic mass is 9.95. The van der Waals surface area contributed by atoms with Gasteiger partial charge in [-0.1, -0.05) is 54.6 Å². The first kappa shape index (κ1) is 19.8. The lowest BCUT2D eigenvalue weighted by Gasteiger charge is -2.16. The lowest BCUT2D eigenvalue weighted by molar-refractivity contribution is -0.0431. The van der Waals surface area contributed by atoms with Gasteiger partial charge < -0.3 is 18.9 Å². The predicted molar refractivity (Wildman–Crippen MR) is 115 cm³/mol. The molecular weight excluding hydrogens is 380 g/mol. The smallest absolute Gasteiger partial charge is 0.449 e. The van der Waals surface area contributed by atoms with Crippen LogP contribution in [0.25, 0.3) is 22.3 Å². The van der Waals surface area contributed by atoms with Crippen LogP contribution in [0, 0.1) is 0 Å². The molecule has 0 fully saturated rings. The Morgan fingerprint density at radius 2 is 1.47 bits per heavy atom. The molecule has 5 heteroatoms. The lowest BCUT2D eigenvalue weighted by Crippen LogP contribution is -2.29. The van der Waals surface area contributed by atoms with Gasteiger partial charge in [0.05, 0.1) is 13.7 Å². The average Bonchev–Trinajstić information content (AvgIpc) is 3.06. The molecule has 0 atom stereocenters. The highest BCUT2D eigenvalue weighted by Gasteiger charge is 2.32. The van der Waals surface area contributed by atoms with Crippen LogP contribution in [0.1, 0.15) is 19.4 Å². The fourth-order valence-corrected chi connectivity index (χ4v) is 3.56. The molecule has 3 aromatic rings. The Kier molecular flexibility index (Phi) is 5.36. The molecule has 0 saturated carbocycles. The Hall–Kier alpha value is -3.47. The van der Waals surface area contributed by atoms with Gasteiger partial charge in [-0.05, 0) is 39.9 Å². The third-order valence-corrected chi connectivity index (χ3v) is 4.94. The normalized spacial score (nSPS) is 13.7. The van der Waals surface area contributed by atoms with Crippen LogP contribution in [-0.2, 0) is 15.9 Å². The van der Waals surface area contributed by atoms with Crippen molar-refractivity contribution in [2.45, 2.75) is 26.1 Å². The number of carbonyl (C=O) groups excluding carboxylic acids is 1. The van der Waals surface area contributed by atoms with Crippen molar-refractivity contribution >= 4 is 6.16 Å².